The van der Waals surface area contributed by atoms with Crippen molar-refractivity contribution in [2.24, 2.45) is 0 Å². The van der Waals surface area contributed by atoms with Gasteiger partial charge in [0.15, 0.2) is 0 Å². The lowest BCUT2D eigenvalue weighted by molar-refractivity contribution is 0.156. The third-order valence-corrected chi connectivity index (χ3v) is 7.16. The van der Waals surface area contributed by atoms with Crippen LogP contribution in [-0.2, 0) is 14.8 Å². The number of hydrogen-bond donors (Lipinski definition) is 1. The van der Waals surface area contributed by atoms with E-state index in [4.69, 9.17) is 10.5 Å². The summed E-state index contributed by atoms with van der Waals surface area (Å²) in [6.07, 6.45) is 0.409. The molecule has 9 heteroatoms. The number of nitrogen functional groups attached to an aromatic ring is 1. The molecule has 0 fully saturated rings. The van der Waals surface area contributed by atoms with E-state index in [-0.39, 0.29) is 29.4 Å². The number of halogens is 1. The highest BCUT2D eigenvalue weighted by Crippen LogP contribution is 2.29. The highest BCUT2D eigenvalue weighted by atomic mass is 32.2. The normalized spacial score (nSPS) is 12.0. The molecular weight excluding hydrogens is 361 g/mol. The van der Waals surface area contributed by atoms with Gasteiger partial charge in [0.05, 0.1) is 17.1 Å². The summed E-state index contributed by atoms with van der Waals surface area (Å²) in [5, 5.41) is 9.29. The summed E-state index contributed by atoms with van der Waals surface area (Å²) in [4.78, 5) is 0. The maximum Gasteiger partial charge on any atom is 0.237 e. The fourth-order valence-corrected chi connectivity index (χ4v) is 4.28. The van der Waals surface area contributed by atoms with E-state index in [1.165, 1.54) is 6.07 Å². The Hall–Kier alpha value is -1.63. The SMILES string of the molecule is CCCS(=O)(=O)N(COCC[Si](C)(C)C)c1ccc(F)c(N)c1C#N. The van der Waals surface area contributed by atoms with Crippen molar-refractivity contribution < 1.29 is 17.5 Å². The van der Waals surface area contributed by atoms with Crippen molar-refractivity contribution in [3.05, 3.63) is 23.5 Å². The van der Waals surface area contributed by atoms with Crippen LogP contribution in [0.5, 0.6) is 0 Å². The minimum absolute atomic E-state index is 0.0443. The molecular formula is C16H26FN3O3SSi. The van der Waals surface area contributed by atoms with Gasteiger partial charge >= 0.3 is 0 Å². The first kappa shape index (κ1) is 21.4. The van der Waals surface area contributed by atoms with Crippen LogP contribution in [0.3, 0.4) is 0 Å². The van der Waals surface area contributed by atoms with E-state index >= 15 is 0 Å². The highest BCUT2D eigenvalue weighted by Gasteiger charge is 2.26. The van der Waals surface area contributed by atoms with E-state index in [1.807, 2.05) is 0 Å². The molecule has 2 N–H and O–H groups in total. The Morgan fingerprint density at radius 1 is 1.36 bits per heavy atom. The second kappa shape index (κ2) is 8.65. The fraction of sp³-hybridized carbons (Fsp3) is 0.562. The van der Waals surface area contributed by atoms with Gasteiger partial charge in [-0.25, -0.2) is 17.1 Å². The molecule has 0 saturated heterocycles. The van der Waals surface area contributed by atoms with Crippen LogP contribution in [0.25, 0.3) is 0 Å². The molecule has 6 nitrogen and oxygen atoms in total. The number of hydrogen-bond acceptors (Lipinski definition) is 5. The lowest BCUT2D eigenvalue weighted by Gasteiger charge is -2.26. The monoisotopic (exact) mass is 387 g/mol. The number of nitriles is 1. The van der Waals surface area contributed by atoms with E-state index in [1.54, 1.807) is 13.0 Å². The molecule has 0 unspecified atom stereocenters. The van der Waals surface area contributed by atoms with Crippen LogP contribution >= 0.6 is 0 Å². The van der Waals surface area contributed by atoms with Crippen LogP contribution in [0.4, 0.5) is 15.8 Å². The number of ether oxygens (including phenoxy) is 1. The fourth-order valence-electron chi connectivity index (χ4n) is 2.10. The summed E-state index contributed by atoms with van der Waals surface area (Å²) in [5.74, 6) is -0.861. The number of rotatable bonds is 9. The first-order valence-corrected chi connectivity index (χ1v) is 13.4. The Morgan fingerprint density at radius 3 is 2.52 bits per heavy atom. The average molecular weight is 388 g/mol. The molecule has 0 radical (unpaired) electrons. The molecule has 1 aromatic carbocycles. The van der Waals surface area contributed by atoms with Crippen LogP contribution in [0, 0.1) is 17.1 Å². The highest BCUT2D eigenvalue weighted by molar-refractivity contribution is 7.92. The second-order valence-corrected chi connectivity index (χ2v) is 14.6. The zero-order chi connectivity index (χ0) is 19.3. The topological polar surface area (TPSA) is 96.4 Å². The Labute approximate surface area is 150 Å². The zero-order valence-electron chi connectivity index (χ0n) is 15.2. The molecule has 0 saturated carbocycles. The molecule has 1 rings (SSSR count). The van der Waals surface area contributed by atoms with Crippen molar-refractivity contribution in [2.75, 3.05) is 29.1 Å². The quantitative estimate of drug-likeness (QED) is 0.304. The maximum atomic E-state index is 13.6. The molecule has 0 atom stereocenters. The van der Waals surface area contributed by atoms with Crippen molar-refractivity contribution in [3.8, 4) is 6.07 Å². The third kappa shape index (κ3) is 5.99. The van der Waals surface area contributed by atoms with Crippen LogP contribution in [0.2, 0.25) is 25.7 Å². The van der Waals surface area contributed by atoms with Crippen LogP contribution in [-0.4, -0.2) is 35.6 Å². The summed E-state index contributed by atoms with van der Waals surface area (Å²) in [6, 6.07) is 4.98. The molecule has 0 spiro atoms. The predicted molar refractivity (Wildman–Crippen MR) is 101 cm³/mol. The summed E-state index contributed by atoms with van der Waals surface area (Å²) in [5.41, 5.74) is 5.09. The van der Waals surface area contributed by atoms with Crippen molar-refractivity contribution in [3.63, 3.8) is 0 Å². The van der Waals surface area contributed by atoms with Crippen molar-refractivity contribution in [1.82, 2.24) is 0 Å². The molecule has 0 aliphatic rings. The average Bonchev–Trinajstić information content (AvgIpc) is 2.49. The second-order valence-electron chi connectivity index (χ2n) is 6.98. The third-order valence-electron chi connectivity index (χ3n) is 3.55. The smallest absolute Gasteiger partial charge is 0.237 e. The Morgan fingerprint density at radius 2 is 2.00 bits per heavy atom. The minimum Gasteiger partial charge on any atom is -0.395 e. The summed E-state index contributed by atoms with van der Waals surface area (Å²) in [7, 11) is -5.03. The van der Waals surface area contributed by atoms with Gasteiger partial charge in [0.2, 0.25) is 10.0 Å². The van der Waals surface area contributed by atoms with Gasteiger partial charge in [-0.15, -0.1) is 0 Å². The van der Waals surface area contributed by atoms with E-state index in [9.17, 15) is 18.1 Å². The number of anilines is 2. The van der Waals surface area contributed by atoms with Crippen molar-refractivity contribution in [2.45, 2.75) is 39.0 Å². The van der Waals surface area contributed by atoms with E-state index in [0.29, 0.717) is 13.0 Å². The van der Waals surface area contributed by atoms with Gasteiger partial charge in [0, 0.05) is 14.7 Å². The molecule has 140 valence electrons. The first-order chi connectivity index (χ1) is 11.5. The van der Waals surface area contributed by atoms with Gasteiger partial charge in [-0.2, -0.15) is 5.26 Å². The molecule has 0 amide bonds. The maximum absolute atomic E-state index is 13.6. The molecule has 0 bridgehead atoms. The van der Waals surface area contributed by atoms with E-state index < -0.39 is 23.9 Å². The predicted octanol–water partition coefficient (Wildman–Crippen LogP) is 3.14. The van der Waals surface area contributed by atoms with Crippen LogP contribution in [0.1, 0.15) is 18.9 Å². The number of sulfonamides is 1. The molecule has 0 aliphatic carbocycles. The molecule has 1 aromatic rings. The van der Waals surface area contributed by atoms with Gasteiger partial charge in [0.1, 0.15) is 24.2 Å². The summed E-state index contributed by atoms with van der Waals surface area (Å²) < 4.78 is 45.4. The number of nitrogens with zero attached hydrogens (tertiary/aromatic N) is 2. The van der Waals surface area contributed by atoms with Crippen molar-refractivity contribution >= 4 is 29.5 Å². The van der Waals surface area contributed by atoms with Gasteiger partial charge in [-0.05, 0) is 24.6 Å². The van der Waals surface area contributed by atoms with E-state index in [2.05, 4.69) is 19.6 Å². The minimum atomic E-state index is -3.71. The van der Waals surface area contributed by atoms with Crippen LogP contribution in [0.15, 0.2) is 12.1 Å². The van der Waals surface area contributed by atoms with Crippen molar-refractivity contribution in [1.29, 1.82) is 5.26 Å². The standard InChI is InChI=1S/C16H26FN3O3SSi/c1-5-9-24(21,22)20(12-23-8-10-25(2,3)4)15-7-6-14(17)16(19)13(15)11-18/h6-7H,5,8-10,12,19H2,1-4H3. The molecule has 0 heterocycles. The Bertz CT molecular complexity index is 742. The lowest BCUT2D eigenvalue weighted by atomic mass is 10.1. The van der Waals surface area contributed by atoms with Gasteiger partial charge in [-0.1, -0.05) is 26.6 Å². The summed E-state index contributed by atoms with van der Waals surface area (Å²) >= 11 is 0. The lowest BCUT2D eigenvalue weighted by Crippen LogP contribution is -2.36. The van der Waals surface area contributed by atoms with E-state index in [0.717, 1.165) is 16.4 Å². The number of nitrogens with two attached hydrogens (primary N) is 1. The first-order valence-electron chi connectivity index (χ1n) is 8.09. The van der Waals surface area contributed by atoms with Gasteiger partial charge < -0.3 is 10.5 Å². The van der Waals surface area contributed by atoms with Crippen LogP contribution < -0.4 is 10.0 Å². The Kier molecular flexibility index (Phi) is 7.40. The molecule has 0 aromatic heterocycles. The summed E-state index contributed by atoms with van der Waals surface area (Å²) in [6.45, 7) is 8.51. The number of benzene rings is 1. The van der Waals surface area contributed by atoms with Gasteiger partial charge in [0.25, 0.3) is 0 Å². The molecule has 0 aliphatic heterocycles. The Balaban J connectivity index is 3.17. The van der Waals surface area contributed by atoms with Gasteiger partial charge in [-0.3, -0.25) is 0 Å². The zero-order valence-corrected chi connectivity index (χ0v) is 17.0. The largest absolute Gasteiger partial charge is 0.395 e. The molecule has 25 heavy (non-hydrogen) atoms.